The van der Waals surface area contributed by atoms with Crippen molar-refractivity contribution in [2.24, 2.45) is 15.9 Å². The van der Waals surface area contributed by atoms with E-state index in [2.05, 4.69) is 24.2 Å². The largest absolute Gasteiger partial charge is 0.355 e. The van der Waals surface area contributed by atoms with Crippen molar-refractivity contribution in [3.8, 4) is 0 Å². The van der Waals surface area contributed by atoms with Gasteiger partial charge in [0.25, 0.3) is 5.91 Å². The van der Waals surface area contributed by atoms with Crippen molar-refractivity contribution < 1.29 is 9.59 Å². The fourth-order valence-corrected chi connectivity index (χ4v) is 4.50. The normalized spacial score (nSPS) is 17.2. The summed E-state index contributed by atoms with van der Waals surface area (Å²) in [4.78, 5) is 36.5. The summed E-state index contributed by atoms with van der Waals surface area (Å²) in [6.45, 7) is 4.75. The molecule has 0 fully saturated rings. The maximum atomic E-state index is 13.1. The van der Waals surface area contributed by atoms with E-state index in [1.165, 1.54) is 17.3 Å². The second kappa shape index (κ2) is 9.47. The van der Waals surface area contributed by atoms with E-state index >= 15 is 0 Å². The molecule has 0 spiro atoms. The van der Waals surface area contributed by atoms with E-state index < -0.39 is 6.04 Å². The van der Waals surface area contributed by atoms with Crippen LogP contribution in [-0.2, 0) is 16.0 Å². The molecule has 1 unspecified atom stereocenters. The molecule has 7 heteroatoms. The van der Waals surface area contributed by atoms with Crippen LogP contribution in [0.5, 0.6) is 0 Å². The molecule has 4 rings (SSSR count). The molecule has 0 bridgehead atoms. The number of para-hydroxylation sites is 1. The van der Waals surface area contributed by atoms with Crippen LogP contribution in [0.1, 0.15) is 31.4 Å². The lowest BCUT2D eigenvalue weighted by molar-refractivity contribution is -0.125. The Hall–Kier alpha value is -2.93. The third-order valence-corrected chi connectivity index (χ3v) is 6.09. The molecule has 2 amide bonds. The van der Waals surface area contributed by atoms with E-state index in [4.69, 9.17) is 4.99 Å². The van der Waals surface area contributed by atoms with Gasteiger partial charge >= 0.3 is 0 Å². The second-order valence-electron chi connectivity index (χ2n) is 8.06. The number of benzene rings is 2. The van der Waals surface area contributed by atoms with Crippen LogP contribution in [0.15, 0.2) is 64.6 Å². The highest BCUT2D eigenvalue weighted by Gasteiger charge is 2.41. The van der Waals surface area contributed by atoms with Crippen LogP contribution in [0.4, 0.5) is 5.69 Å². The molecule has 0 radical (unpaired) electrons. The maximum absolute atomic E-state index is 13.1. The van der Waals surface area contributed by atoms with E-state index in [9.17, 15) is 9.59 Å². The summed E-state index contributed by atoms with van der Waals surface area (Å²) in [5, 5.41) is 3.47. The van der Waals surface area contributed by atoms with Gasteiger partial charge in [0.2, 0.25) is 5.91 Å². The summed E-state index contributed by atoms with van der Waals surface area (Å²) in [6.07, 6.45) is 1.47. The summed E-state index contributed by atoms with van der Waals surface area (Å²) in [6, 6.07) is 17.3. The van der Waals surface area contributed by atoms with Crippen molar-refractivity contribution in [3.05, 3.63) is 65.7 Å². The van der Waals surface area contributed by atoms with E-state index in [0.29, 0.717) is 29.9 Å². The minimum absolute atomic E-state index is 0.0612. The molecule has 2 aromatic rings. The third kappa shape index (κ3) is 4.88. The standard InChI is InChI=1S/C24H26N4O2S/c1-16(2)14-20-23(30)28-22(26-20)18-10-6-7-11-19(18)27-24(28)31-15-21(29)25-13-12-17-8-4-3-5-9-17/h3-11,16,20H,12-15H2,1-2H3,(H,25,29). The van der Waals surface area contributed by atoms with Gasteiger partial charge in [0.15, 0.2) is 5.17 Å². The maximum Gasteiger partial charge on any atom is 0.259 e. The molecule has 6 nitrogen and oxygen atoms in total. The van der Waals surface area contributed by atoms with E-state index in [1.807, 2.05) is 54.6 Å². The topological polar surface area (TPSA) is 74.1 Å². The molecule has 1 N–H and O–H groups in total. The van der Waals surface area contributed by atoms with Gasteiger partial charge in [0.05, 0.1) is 11.4 Å². The first-order valence-electron chi connectivity index (χ1n) is 10.6. The first-order valence-corrected chi connectivity index (χ1v) is 11.5. The molecule has 1 atom stereocenters. The van der Waals surface area contributed by atoms with Crippen LogP contribution < -0.4 is 5.32 Å². The molecule has 2 aliphatic heterocycles. The van der Waals surface area contributed by atoms with Gasteiger partial charge in [0.1, 0.15) is 11.9 Å². The van der Waals surface area contributed by atoms with Gasteiger partial charge in [0, 0.05) is 12.1 Å². The van der Waals surface area contributed by atoms with Crippen LogP contribution in [0.2, 0.25) is 0 Å². The number of thioether (sulfide) groups is 1. The smallest absolute Gasteiger partial charge is 0.259 e. The Morgan fingerprint density at radius 3 is 2.65 bits per heavy atom. The highest BCUT2D eigenvalue weighted by Crippen LogP contribution is 2.34. The zero-order valence-corrected chi connectivity index (χ0v) is 18.6. The number of hydrogen-bond donors (Lipinski definition) is 1. The summed E-state index contributed by atoms with van der Waals surface area (Å²) >= 11 is 1.28. The number of amidine groups is 2. The van der Waals surface area contributed by atoms with Crippen LogP contribution in [-0.4, -0.2) is 46.1 Å². The van der Waals surface area contributed by atoms with E-state index in [0.717, 1.165) is 17.7 Å². The lowest BCUT2D eigenvalue weighted by atomic mass is 10.0. The zero-order valence-electron chi connectivity index (χ0n) is 17.7. The Morgan fingerprint density at radius 1 is 1.13 bits per heavy atom. The molecule has 0 saturated heterocycles. The number of amides is 2. The van der Waals surface area contributed by atoms with Crippen LogP contribution in [0.25, 0.3) is 0 Å². The molecular weight excluding hydrogens is 408 g/mol. The van der Waals surface area contributed by atoms with Gasteiger partial charge in [-0.25, -0.2) is 9.89 Å². The molecule has 2 aliphatic rings. The van der Waals surface area contributed by atoms with Crippen molar-refractivity contribution in [3.63, 3.8) is 0 Å². The van der Waals surface area contributed by atoms with Gasteiger partial charge in [-0.1, -0.05) is 68.1 Å². The SMILES string of the molecule is CC(C)CC1N=C2c3ccccc3N=C(SCC(=O)NCCc3ccccc3)N2C1=O. The monoisotopic (exact) mass is 434 g/mol. The fraction of sp³-hybridized carbons (Fsp3) is 0.333. The van der Waals surface area contributed by atoms with Crippen LogP contribution in [0, 0.1) is 5.92 Å². The minimum atomic E-state index is -0.397. The molecule has 31 heavy (non-hydrogen) atoms. The average Bonchev–Trinajstić information content (AvgIpc) is 3.09. The first-order chi connectivity index (χ1) is 15.0. The Morgan fingerprint density at radius 2 is 1.87 bits per heavy atom. The van der Waals surface area contributed by atoms with Crippen molar-refractivity contribution in [2.75, 3.05) is 12.3 Å². The third-order valence-electron chi connectivity index (χ3n) is 5.15. The predicted octanol–water partition coefficient (Wildman–Crippen LogP) is 3.78. The number of carbonyl (C=O) groups excluding carboxylic acids is 2. The van der Waals surface area contributed by atoms with Crippen LogP contribution in [0.3, 0.4) is 0 Å². The van der Waals surface area contributed by atoms with Crippen LogP contribution >= 0.6 is 11.8 Å². The highest BCUT2D eigenvalue weighted by molar-refractivity contribution is 8.14. The number of nitrogens with one attached hydrogen (secondary N) is 1. The summed E-state index contributed by atoms with van der Waals surface area (Å²) in [7, 11) is 0. The quantitative estimate of drug-likeness (QED) is 0.721. The molecule has 0 aromatic heterocycles. The molecule has 0 aliphatic carbocycles. The van der Waals surface area contributed by atoms with Gasteiger partial charge in [-0.05, 0) is 36.5 Å². The lowest BCUT2D eigenvalue weighted by Gasteiger charge is -2.25. The predicted molar refractivity (Wildman–Crippen MR) is 126 cm³/mol. The number of nitrogens with zero attached hydrogens (tertiary/aromatic N) is 3. The molecule has 2 aromatic carbocycles. The Kier molecular flexibility index (Phi) is 6.51. The van der Waals surface area contributed by atoms with Gasteiger partial charge < -0.3 is 5.32 Å². The highest BCUT2D eigenvalue weighted by atomic mass is 32.2. The molecule has 160 valence electrons. The first kappa shape index (κ1) is 21.3. The van der Waals surface area contributed by atoms with E-state index in [-0.39, 0.29) is 17.6 Å². The van der Waals surface area contributed by atoms with Crippen molar-refractivity contribution in [1.29, 1.82) is 0 Å². The zero-order chi connectivity index (χ0) is 21.8. The number of rotatable bonds is 7. The number of fused-ring (bicyclic) bond motifs is 3. The van der Waals surface area contributed by atoms with Gasteiger partial charge in [-0.2, -0.15) is 0 Å². The van der Waals surface area contributed by atoms with Gasteiger partial charge in [-0.3, -0.25) is 14.6 Å². The summed E-state index contributed by atoms with van der Waals surface area (Å²) in [5.41, 5.74) is 2.82. The van der Waals surface area contributed by atoms with E-state index in [1.54, 1.807) is 4.90 Å². The summed E-state index contributed by atoms with van der Waals surface area (Å²) in [5.74, 6) is 1.06. The second-order valence-corrected chi connectivity index (χ2v) is 9.00. The summed E-state index contributed by atoms with van der Waals surface area (Å²) < 4.78 is 0. The Bertz CT molecular complexity index is 1030. The minimum Gasteiger partial charge on any atom is -0.355 e. The average molecular weight is 435 g/mol. The molecule has 0 saturated carbocycles. The van der Waals surface area contributed by atoms with Crippen molar-refractivity contribution >= 4 is 40.3 Å². The number of carbonyl (C=O) groups is 2. The molecule has 2 heterocycles. The number of aliphatic imine (C=N–C) groups is 2. The Labute approximate surface area is 186 Å². The lowest BCUT2D eigenvalue weighted by Crippen LogP contribution is -2.42. The van der Waals surface area contributed by atoms with Gasteiger partial charge in [-0.15, -0.1) is 0 Å². The van der Waals surface area contributed by atoms with Crippen molar-refractivity contribution in [1.82, 2.24) is 10.2 Å². The Balaban J connectivity index is 1.43. The molecular formula is C24H26N4O2S. The van der Waals surface area contributed by atoms with Crippen molar-refractivity contribution in [2.45, 2.75) is 32.7 Å². The number of hydrogen-bond acceptors (Lipinski definition) is 5. The fourth-order valence-electron chi connectivity index (χ4n) is 3.67.